The smallest absolute Gasteiger partial charge is 0.248 e. The quantitative estimate of drug-likeness (QED) is 0.576. The van der Waals surface area contributed by atoms with Crippen LogP contribution in [0.4, 0.5) is 0 Å². The summed E-state index contributed by atoms with van der Waals surface area (Å²) in [6.45, 7) is 0. The molecule has 1 atom stereocenters. The zero-order valence-corrected chi connectivity index (χ0v) is 7.63. The van der Waals surface area contributed by atoms with E-state index in [0.29, 0.717) is 0 Å². The van der Waals surface area contributed by atoms with Gasteiger partial charge in [-0.25, -0.2) is 4.55 Å². The number of rotatable bonds is 2. The molecule has 1 unspecified atom stereocenters. The molecule has 0 spiro atoms. The van der Waals surface area contributed by atoms with Crippen molar-refractivity contribution in [2.24, 2.45) is 0 Å². The molecule has 1 aromatic rings. The van der Waals surface area contributed by atoms with Gasteiger partial charge in [0, 0.05) is 0 Å². The molecular weight excluding hydrogens is 199 g/mol. The summed E-state index contributed by atoms with van der Waals surface area (Å²) in [5.41, 5.74) is 0. The van der Waals surface area contributed by atoms with Crippen LogP contribution in [-0.4, -0.2) is 13.0 Å². The molecule has 12 heavy (non-hydrogen) atoms. The fourth-order valence-electron chi connectivity index (χ4n) is 0.683. The van der Waals surface area contributed by atoms with Crippen molar-refractivity contribution < 1.29 is 17.5 Å². The molecule has 0 aliphatic heterocycles. The topological polar surface area (TPSA) is 71.4 Å². The van der Waals surface area contributed by atoms with Crippen LogP contribution >= 0.6 is 7.00 Å². The van der Waals surface area contributed by atoms with E-state index >= 15 is 0 Å². The van der Waals surface area contributed by atoms with E-state index in [9.17, 15) is 13.0 Å². The van der Waals surface area contributed by atoms with Crippen molar-refractivity contribution in [3.8, 4) is 0 Å². The summed E-state index contributed by atoms with van der Waals surface area (Å²) in [4.78, 5) is 0. The Kier molecular flexibility index (Phi) is 2.57. The first-order chi connectivity index (χ1) is 5.52. The number of hydrogen-bond acceptors (Lipinski definition) is 3. The molecule has 1 N–H and O–H groups in total. The second-order valence-electron chi connectivity index (χ2n) is 2.04. The molecule has 6 heteroatoms. The SMILES string of the molecule is O=[P+](c1ccccc1)S(=O)(=O)O. The number of benzene rings is 1. The van der Waals surface area contributed by atoms with Gasteiger partial charge < -0.3 is 0 Å². The van der Waals surface area contributed by atoms with E-state index in [1.807, 2.05) is 0 Å². The first-order valence-electron chi connectivity index (χ1n) is 3.02. The largest absolute Gasteiger partial charge is 0.534 e. The van der Waals surface area contributed by atoms with Crippen LogP contribution in [0.1, 0.15) is 0 Å². The lowest BCUT2D eigenvalue weighted by Crippen LogP contribution is -2.01. The molecule has 0 radical (unpaired) electrons. The van der Waals surface area contributed by atoms with Gasteiger partial charge >= 0.3 is 16.7 Å². The summed E-state index contributed by atoms with van der Waals surface area (Å²) in [6.07, 6.45) is 0. The summed E-state index contributed by atoms with van der Waals surface area (Å²) in [5, 5.41) is 0.106. The third-order valence-corrected chi connectivity index (χ3v) is 4.21. The van der Waals surface area contributed by atoms with Crippen LogP contribution < -0.4 is 5.30 Å². The Morgan fingerprint density at radius 2 is 1.67 bits per heavy atom. The van der Waals surface area contributed by atoms with Crippen LogP contribution in [0.5, 0.6) is 0 Å². The molecule has 0 fully saturated rings. The van der Waals surface area contributed by atoms with Gasteiger partial charge in [-0.05, 0) is 16.7 Å². The standard InChI is InChI=1S/C6H5O4PS/c7-11(12(8,9)10)6-4-2-1-3-5-6/h1-5H/p+1. The van der Waals surface area contributed by atoms with Crippen LogP contribution in [0, 0.1) is 0 Å². The van der Waals surface area contributed by atoms with Gasteiger partial charge in [0.05, 0.1) is 0 Å². The van der Waals surface area contributed by atoms with Gasteiger partial charge in [0.1, 0.15) is 0 Å². The maximum Gasteiger partial charge on any atom is 0.534 e. The molecule has 0 saturated carbocycles. The number of hydrogen-bond donors (Lipinski definition) is 1. The van der Waals surface area contributed by atoms with E-state index in [1.54, 1.807) is 18.2 Å². The van der Waals surface area contributed by atoms with E-state index in [1.165, 1.54) is 12.1 Å². The highest BCUT2D eigenvalue weighted by molar-refractivity contribution is 8.45. The monoisotopic (exact) mass is 205 g/mol. The highest BCUT2D eigenvalue weighted by Crippen LogP contribution is 2.26. The van der Waals surface area contributed by atoms with Crippen molar-refractivity contribution in [2.45, 2.75) is 0 Å². The Bertz CT molecular complexity index is 383. The van der Waals surface area contributed by atoms with Crippen molar-refractivity contribution in [3.63, 3.8) is 0 Å². The van der Waals surface area contributed by atoms with Crippen molar-refractivity contribution in [2.75, 3.05) is 0 Å². The van der Waals surface area contributed by atoms with Gasteiger partial charge in [0.15, 0.2) is 0 Å². The summed E-state index contributed by atoms with van der Waals surface area (Å²) < 4.78 is 40.2. The molecule has 1 aromatic carbocycles. The van der Waals surface area contributed by atoms with Gasteiger partial charge in [0.25, 0.3) is 0 Å². The highest BCUT2D eigenvalue weighted by atomic mass is 32.8. The summed E-state index contributed by atoms with van der Waals surface area (Å²) in [7, 11) is -7.19. The second-order valence-corrected chi connectivity index (χ2v) is 6.35. The predicted octanol–water partition coefficient (Wildman–Crippen LogP) is 0.942. The van der Waals surface area contributed by atoms with E-state index < -0.39 is 16.7 Å². The van der Waals surface area contributed by atoms with Gasteiger partial charge in [0.2, 0.25) is 5.30 Å². The molecule has 0 saturated heterocycles. The normalized spacial score (nSPS) is 12.6. The Labute approximate surface area is 70.5 Å². The van der Waals surface area contributed by atoms with Gasteiger partial charge in [-0.15, -0.1) is 0 Å². The zero-order chi connectivity index (χ0) is 9.19. The minimum atomic E-state index is -4.45. The average molecular weight is 205 g/mol. The fourth-order valence-corrected chi connectivity index (χ4v) is 2.53. The Balaban J connectivity index is 3.11. The molecule has 0 heterocycles. The van der Waals surface area contributed by atoms with E-state index in [2.05, 4.69) is 0 Å². The molecule has 0 aromatic heterocycles. The first-order valence-corrected chi connectivity index (χ1v) is 6.32. The van der Waals surface area contributed by atoms with Crippen molar-refractivity contribution >= 4 is 22.0 Å². The van der Waals surface area contributed by atoms with Crippen LogP contribution in [0.2, 0.25) is 0 Å². The lowest BCUT2D eigenvalue weighted by atomic mass is 10.4. The molecule has 0 aliphatic carbocycles. The maximum absolute atomic E-state index is 11.0. The predicted molar refractivity (Wildman–Crippen MR) is 45.2 cm³/mol. The minimum Gasteiger partial charge on any atom is -0.248 e. The van der Waals surface area contributed by atoms with E-state index in [-0.39, 0.29) is 5.30 Å². The molecule has 0 bridgehead atoms. The van der Waals surface area contributed by atoms with Crippen LogP contribution in [0.3, 0.4) is 0 Å². The zero-order valence-electron chi connectivity index (χ0n) is 5.91. The van der Waals surface area contributed by atoms with Crippen molar-refractivity contribution in [3.05, 3.63) is 30.3 Å². The Morgan fingerprint density at radius 1 is 1.17 bits per heavy atom. The van der Waals surface area contributed by atoms with Crippen LogP contribution in [-0.2, 0) is 14.3 Å². The summed E-state index contributed by atoms with van der Waals surface area (Å²) in [6, 6.07) is 7.52. The van der Waals surface area contributed by atoms with E-state index in [0.717, 1.165) is 0 Å². The Hall–Kier alpha value is -0.770. The molecule has 4 nitrogen and oxygen atoms in total. The average Bonchev–Trinajstić information content (AvgIpc) is 2.03. The van der Waals surface area contributed by atoms with Crippen molar-refractivity contribution in [1.29, 1.82) is 0 Å². The summed E-state index contributed by atoms with van der Waals surface area (Å²) in [5.74, 6) is 0. The van der Waals surface area contributed by atoms with E-state index in [4.69, 9.17) is 4.55 Å². The first kappa shape index (κ1) is 9.32. The molecular formula is C6H6O4PS+. The summed E-state index contributed by atoms with van der Waals surface area (Å²) >= 11 is 0. The lowest BCUT2D eigenvalue weighted by molar-refractivity contribution is 0.496. The molecule has 0 aliphatic rings. The van der Waals surface area contributed by atoms with Gasteiger partial charge in [-0.1, -0.05) is 18.2 Å². The van der Waals surface area contributed by atoms with Gasteiger partial charge in [-0.2, -0.15) is 8.42 Å². The molecule has 1 rings (SSSR count). The van der Waals surface area contributed by atoms with Crippen molar-refractivity contribution in [1.82, 2.24) is 0 Å². The molecule has 64 valence electrons. The Morgan fingerprint density at radius 3 is 2.08 bits per heavy atom. The maximum atomic E-state index is 11.0. The van der Waals surface area contributed by atoms with Crippen LogP contribution in [0.25, 0.3) is 0 Å². The molecule has 0 amide bonds. The third-order valence-electron chi connectivity index (χ3n) is 1.18. The lowest BCUT2D eigenvalue weighted by Gasteiger charge is -1.82. The van der Waals surface area contributed by atoms with Gasteiger partial charge in [-0.3, -0.25) is 0 Å². The fraction of sp³-hybridized carbons (Fsp3) is 0. The highest BCUT2D eigenvalue weighted by Gasteiger charge is 2.35. The second kappa shape index (κ2) is 3.31. The third kappa shape index (κ3) is 2.11. The minimum absolute atomic E-state index is 0.106. The van der Waals surface area contributed by atoms with Crippen LogP contribution in [0.15, 0.2) is 30.3 Å².